The molecule has 0 bridgehead atoms. The molecular weight excluding hydrogens is 315 g/mol. The third-order valence-corrected chi connectivity index (χ3v) is 8.25. The second kappa shape index (κ2) is 6.40. The van der Waals surface area contributed by atoms with Gasteiger partial charge in [-0.3, -0.25) is 0 Å². The van der Waals surface area contributed by atoms with Crippen molar-refractivity contribution in [2.75, 3.05) is 0 Å². The van der Waals surface area contributed by atoms with Crippen molar-refractivity contribution in [3.63, 3.8) is 0 Å². The zero-order valence-electron chi connectivity index (χ0n) is 10.9. The maximum absolute atomic E-state index is 6.34. The number of hydrogen-bond acceptors (Lipinski definition) is 1. The summed E-state index contributed by atoms with van der Waals surface area (Å²) in [5.41, 5.74) is 0. The highest BCUT2D eigenvalue weighted by atomic mass is 127. The van der Waals surface area contributed by atoms with Crippen LogP contribution in [0.1, 0.15) is 40.5 Å². The molecule has 0 aliphatic heterocycles. The van der Waals surface area contributed by atoms with E-state index in [1.54, 1.807) is 0 Å². The van der Waals surface area contributed by atoms with Gasteiger partial charge in [0, 0.05) is 6.10 Å². The average molecular weight is 340 g/mol. The standard InChI is InChI=1S/C12H25IOSi/c1-7-11(9-8-10-13)14-15(5,6)12(2,3)4/h8,10-11H,7,9H2,1-6H3/b10-8-/t11-/m0/s1. The van der Waals surface area contributed by atoms with Crippen LogP contribution in [0.3, 0.4) is 0 Å². The second-order valence-electron chi connectivity index (χ2n) is 5.51. The zero-order valence-corrected chi connectivity index (χ0v) is 14.1. The summed E-state index contributed by atoms with van der Waals surface area (Å²) in [5.74, 6) is 0. The summed E-state index contributed by atoms with van der Waals surface area (Å²) in [5, 5.41) is 0.314. The summed E-state index contributed by atoms with van der Waals surface area (Å²) in [6.07, 6.45) is 4.75. The van der Waals surface area contributed by atoms with E-state index in [0.717, 1.165) is 12.8 Å². The maximum atomic E-state index is 6.34. The van der Waals surface area contributed by atoms with Crippen LogP contribution in [0.25, 0.3) is 0 Å². The summed E-state index contributed by atoms with van der Waals surface area (Å²) in [6.45, 7) is 13.7. The Labute approximate surface area is 110 Å². The second-order valence-corrected chi connectivity index (χ2v) is 11.0. The Morgan fingerprint density at radius 1 is 1.33 bits per heavy atom. The third-order valence-electron chi connectivity index (χ3n) is 3.21. The Kier molecular flexibility index (Phi) is 6.67. The molecule has 0 saturated heterocycles. The van der Waals surface area contributed by atoms with E-state index in [-0.39, 0.29) is 0 Å². The molecule has 0 spiro atoms. The summed E-state index contributed by atoms with van der Waals surface area (Å²) in [4.78, 5) is 0. The molecule has 1 atom stereocenters. The van der Waals surface area contributed by atoms with E-state index in [9.17, 15) is 0 Å². The molecule has 0 aliphatic rings. The molecule has 0 saturated carbocycles. The van der Waals surface area contributed by atoms with Crippen LogP contribution in [0.2, 0.25) is 18.1 Å². The zero-order chi connectivity index (χ0) is 12.1. The van der Waals surface area contributed by atoms with E-state index in [1.807, 2.05) is 0 Å². The Morgan fingerprint density at radius 2 is 1.87 bits per heavy atom. The minimum absolute atomic E-state index is 0.314. The highest BCUT2D eigenvalue weighted by Crippen LogP contribution is 2.37. The monoisotopic (exact) mass is 340 g/mol. The first-order valence-corrected chi connectivity index (χ1v) is 9.83. The van der Waals surface area contributed by atoms with Gasteiger partial charge in [-0.15, -0.1) is 0 Å². The Balaban J connectivity index is 4.40. The predicted octanol–water partition coefficient (Wildman–Crippen LogP) is 5.13. The SMILES string of the molecule is CC[C@@H](C/C=C\I)O[Si](C)(C)C(C)(C)C. The van der Waals surface area contributed by atoms with Crippen molar-refractivity contribution in [1.29, 1.82) is 0 Å². The first-order chi connectivity index (χ1) is 6.74. The lowest BCUT2D eigenvalue weighted by Gasteiger charge is -2.39. The van der Waals surface area contributed by atoms with E-state index < -0.39 is 8.32 Å². The molecule has 0 fully saturated rings. The number of hydrogen-bond donors (Lipinski definition) is 0. The van der Waals surface area contributed by atoms with Crippen LogP contribution >= 0.6 is 22.6 Å². The Bertz CT molecular complexity index is 206. The number of halogens is 1. The van der Waals surface area contributed by atoms with Crippen LogP contribution < -0.4 is 0 Å². The molecule has 0 aromatic carbocycles. The van der Waals surface area contributed by atoms with Crippen LogP contribution in [-0.4, -0.2) is 14.4 Å². The minimum Gasteiger partial charge on any atom is -0.414 e. The maximum Gasteiger partial charge on any atom is 0.192 e. The molecule has 0 amide bonds. The molecule has 0 aromatic rings. The Morgan fingerprint density at radius 3 is 2.20 bits per heavy atom. The van der Waals surface area contributed by atoms with Crippen molar-refractivity contribution in [3.05, 3.63) is 10.2 Å². The topological polar surface area (TPSA) is 9.23 Å². The highest BCUT2D eigenvalue weighted by Gasteiger charge is 2.38. The van der Waals surface area contributed by atoms with Crippen LogP contribution in [-0.2, 0) is 4.43 Å². The molecule has 0 aliphatic carbocycles. The Hall–Kier alpha value is 0.647. The predicted molar refractivity (Wildman–Crippen MR) is 80.1 cm³/mol. The van der Waals surface area contributed by atoms with Gasteiger partial charge in [-0.2, -0.15) is 0 Å². The molecule has 3 heteroatoms. The van der Waals surface area contributed by atoms with E-state index in [0.29, 0.717) is 11.1 Å². The van der Waals surface area contributed by atoms with Gasteiger partial charge in [-0.1, -0.05) is 56.4 Å². The van der Waals surface area contributed by atoms with Gasteiger partial charge in [0.05, 0.1) is 0 Å². The van der Waals surface area contributed by atoms with Crippen LogP contribution in [0, 0.1) is 0 Å². The molecule has 90 valence electrons. The van der Waals surface area contributed by atoms with Crippen LogP contribution in [0.4, 0.5) is 0 Å². The molecule has 0 unspecified atom stereocenters. The minimum atomic E-state index is -1.58. The molecule has 0 heterocycles. The van der Waals surface area contributed by atoms with Crippen molar-refractivity contribution in [3.8, 4) is 0 Å². The third kappa shape index (κ3) is 5.50. The summed E-state index contributed by atoms with van der Waals surface area (Å²) in [7, 11) is -1.58. The van der Waals surface area contributed by atoms with Crippen LogP contribution in [0.5, 0.6) is 0 Å². The van der Waals surface area contributed by atoms with Gasteiger partial charge in [0.15, 0.2) is 8.32 Å². The van der Waals surface area contributed by atoms with Gasteiger partial charge in [0.1, 0.15) is 0 Å². The van der Waals surface area contributed by atoms with E-state index >= 15 is 0 Å². The molecule has 1 nitrogen and oxygen atoms in total. The van der Waals surface area contributed by atoms with Gasteiger partial charge in [0.25, 0.3) is 0 Å². The fourth-order valence-electron chi connectivity index (χ4n) is 1.09. The first-order valence-electron chi connectivity index (χ1n) is 5.67. The van der Waals surface area contributed by atoms with Gasteiger partial charge in [-0.25, -0.2) is 0 Å². The summed E-state index contributed by atoms with van der Waals surface area (Å²) >= 11 is 2.27. The highest BCUT2D eigenvalue weighted by molar-refractivity contribution is 14.1. The van der Waals surface area contributed by atoms with Crippen molar-refractivity contribution in [1.82, 2.24) is 0 Å². The summed E-state index contributed by atoms with van der Waals surface area (Å²) < 4.78 is 8.42. The smallest absolute Gasteiger partial charge is 0.192 e. The van der Waals surface area contributed by atoms with Crippen molar-refractivity contribution < 1.29 is 4.43 Å². The molecular formula is C12H25IOSi. The largest absolute Gasteiger partial charge is 0.414 e. The molecule has 0 N–H and O–H groups in total. The lowest BCUT2D eigenvalue weighted by Crippen LogP contribution is -2.43. The quantitative estimate of drug-likeness (QED) is 0.498. The fraction of sp³-hybridized carbons (Fsp3) is 0.833. The molecule has 0 aromatic heterocycles. The van der Waals surface area contributed by atoms with Gasteiger partial charge < -0.3 is 4.43 Å². The van der Waals surface area contributed by atoms with Crippen molar-refractivity contribution in [2.45, 2.75) is 64.8 Å². The lowest BCUT2D eigenvalue weighted by molar-refractivity contribution is 0.179. The normalized spacial score (nSPS) is 15.9. The van der Waals surface area contributed by atoms with Crippen molar-refractivity contribution in [2.24, 2.45) is 0 Å². The molecule has 0 radical (unpaired) electrons. The van der Waals surface area contributed by atoms with E-state index in [4.69, 9.17) is 4.43 Å². The molecule has 15 heavy (non-hydrogen) atoms. The molecule has 0 rings (SSSR count). The van der Waals surface area contributed by atoms with Gasteiger partial charge in [0.2, 0.25) is 0 Å². The number of rotatable bonds is 5. The van der Waals surface area contributed by atoms with Crippen molar-refractivity contribution >= 4 is 30.9 Å². The van der Waals surface area contributed by atoms with Gasteiger partial charge >= 0.3 is 0 Å². The van der Waals surface area contributed by atoms with Crippen LogP contribution in [0.15, 0.2) is 10.2 Å². The fourth-order valence-corrected chi connectivity index (χ4v) is 2.84. The van der Waals surface area contributed by atoms with Gasteiger partial charge in [-0.05, 0) is 35.1 Å². The van der Waals surface area contributed by atoms with E-state index in [2.05, 4.69) is 73.5 Å². The first kappa shape index (κ1) is 15.6. The lowest BCUT2D eigenvalue weighted by atomic mass is 10.2. The average Bonchev–Trinajstić information content (AvgIpc) is 2.10. The summed E-state index contributed by atoms with van der Waals surface area (Å²) in [6, 6.07) is 0. The van der Waals surface area contributed by atoms with E-state index in [1.165, 1.54) is 0 Å².